The van der Waals surface area contributed by atoms with Crippen molar-refractivity contribution in [3.63, 3.8) is 0 Å². The summed E-state index contributed by atoms with van der Waals surface area (Å²) in [7, 11) is 0. The van der Waals surface area contributed by atoms with Gasteiger partial charge in [0.15, 0.2) is 0 Å². The molecule has 2 fully saturated rings. The fourth-order valence-electron chi connectivity index (χ4n) is 3.69. The molecule has 1 saturated heterocycles. The highest BCUT2D eigenvalue weighted by molar-refractivity contribution is 6.30. The van der Waals surface area contributed by atoms with Crippen LogP contribution in [0, 0.1) is 0 Å². The van der Waals surface area contributed by atoms with E-state index in [1.54, 1.807) is 0 Å². The lowest BCUT2D eigenvalue weighted by atomic mass is 9.77. The second-order valence-electron chi connectivity index (χ2n) is 6.31. The van der Waals surface area contributed by atoms with E-state index in [0.29, 0.717) is 0 Å². The van der Waals surface area contributed by atoms with Crippen LogP contribution in [-0.2, 0) is 10.2 Å². The van der Waals surface area contributed by atoms with Gasteiger partial charge in [0.25, 0.3) is 0 Å². The van der Waals surface area contributed by atoms with E-state index in [1.165, 1.54) is 0 Å². The molecule has 1 saturated carbocycles. The zero-order valence-electron chi connectivity index (χ0n) is 12.7. The minimum atomic E-state index is -0.345. The van der Waals surface area contributed by atoms with Crippen molar-refractivity contribution in [2.45, 2.75) is 50.0 Å². The lowest BCUT2D eigenvalue weighted by molar-refractivity contribution is -0.127. The van der Waals surface area contributed by atoms with Gasteiger partial charge in [0.2, 0.25) is 5.91 Å². The van der Waals surface area contributed by atoms with Crippen molar-refractivity contribution < 1.29 is 4.79 Å². The zero-order valence-corrected chi connectivity index (χ0v) is 14.3. The monoisotopic (exact) mass is 342 g/mol. The Bertz CT molecular complexity index is 492. The Hall–Kier alpha value is -0.770. The Balaban J connectivity index is 0.00000176. The Morgan fingerprint density at radius 3 is 2.45 bits per heavy atom. The Morgan fingerprint density at radius 1 is 1.18 bits per heavy atom. The summed E-state index contributed by atoms with van der Waals surface area (Å²) >= 11 is 5.99. The Kier molecular flexibility index (Phi) is 6.13. The lowest BCUT2D eigenvalue weighted by Gasteiger charge is -2.32. The highest BCUT2D eigenvalue weighted by Gasteiger charge is 2.43. The van der Waals surface area contributed by atoms with Crippen LogP contribution in [0.15, 0.2) is 24.3 Å². The van der Waals surface area contributed by atoms with Crippen LogP contribution < -0.4 is 10.6 Å². The third-order valence-corrected chi connectivity index (χ3v) is 5.17. The molecule has 2 aliphatic rings. The summed E-state index contributed by atoms with van der Waals surface area (Å²) in [6, 6.07) is 8.10. The number of hydrogen-bond donors (Lipinski definition) is 2. The number of benzene rings is 1. The molecule has 122 valence electrons. The number of amides is 1. The first kappa shape index (κ1) is 17.6. The van der Waals surface area contributed by atoms with E-state index in [4.69, 9.17) is 11.6 Å². The SMILES string of the molecule is Cl.O=C(N[C@H]1CCCNC1)C1(c2ccc(Cl)cc2)CCCC1. The molecule has 1 aromatic rings. The van der Waals surface area contributed by atoms with Crippen molar-refractivity contribution in [3.8, 4) is 0 Å². The summed E-state index contributed by atoms with van der Waals surface area (Å²) in [4.78, 5) is 12.9. The van der Waals surface area contributed by atoms with Gasteiger partial charge in [-0.05, 0) is 49.9 Å². The number of piperidine rings is 1. The topological polar surface area (TPSA) is 41.1 Å². The molecule has 1 aliphatic carbocycles. The summed E-state index contributed by atoms with van der Waals surface area (Å²) in [6.07, 6.45) is 6.35. The molecule has 3 rings (SSSR count). The average Bonchev–Trinajstić information content (AvgIpc) is 3.00. The molecule has 1 atom stereocenters. The fraction of sp³-hybridized carbons (Fsp3) is 0.588. The Morgan fingerprint density at radius 2 is 1.86 bits per heavy atom. The van der Waals surface area contributed by atoms with Gasteiger partial charge in [-0.3, -0.25) is 4.79 Å². The Labute approximate surface area is 143 Å². The molecule has 0 aromatic heterocycles. The minimum Gasteiger partial charge on any atom is -0.351 e. The highest BCUT2D eigenvalue weighted by Crippen LogP contribution is 2.41. The normalized spacial score (nSPS) is 23.6. The second-order valence-corrected chi connectivity index (χ2v) is 6.75. The minimum absolute atomic E-state index is 0. The van der Waals surface area contributed by atoms with Crippen LogP contribution in [0.1, 0.15) is 44.1 Å². The van der Waals surface area contributed by atoms with Gasteiger partial charge in [0.05, 0.1) is 5.41 Å². The summed E-state index contributed by atoms with van der Waals surface area (Å²) in [6.45, 7) is 1.96. The van der Waals surface area contributed by atoms with Crippen LogP contribution in [0.4, 0.5) is 0 Å². The number of carbonyl (C=O) groups is 1. The van der Waals surface area contributed by atoms with E-state index in [-0.39, 0.29) is 29.8 Å². The third kappa shape index (κ3) is 3.58. The van der Waals surface area contributed by atoms with Crippen LogP contribution in [0.25, 0.3) is 0 Å². The molecule has 5 heteroatoms. The molecule has 0 unspecified atom stereocenters. The van der Waals surface area contributed by atoms with E-state index in [9.17, 15) is 4.79 Å². The van der Waals surface area contributed by atoms with Gasteiger partial charge >= 0.3 is 0 Å². The van der Waals surface area contributed by atoms with Crippen molar-refractivity contribution in [1.82, 2.24) is 10.6 Å². The van der Waals surface area contributed by atoms with Gasteiger partial charge in [-0.15, -0.1) is 12.4 Å². The molecule has 1 amide bonds. The summed E-state index contributed by atoms with van der Waals surface area (Å²) in [5, 5.41) is 7.36. The van der Waals surface area contributed by atoms with E-state index in [0.717, 1.165) is 62.2 Å². The predicted octanol–water partition coefficient (Wildman–Crippen LogP) is 3.44. The smallest absolute Gasteiger partial charge is 0.230 e. The van der Waals surface area contributed by atoms with Gasteiger partial charge in [0, 0.05) is 17.6 Å². The summed E-state index contributed by atoms with van der Waals surface area (Å²) < 4.78 is 0. The van der Waals surface area contributed by atoms with Crippen molar-refractivity contribution in [2.75, 3.05) is 13.1 Å². The molecule has 0 bridgehead atoms. The van der Waals surface area contributed by atoms with Crippen molar-refractivity contribution in [1.29, 1.82) is 0 Å². The maximum absolute atomic E-state index is 12.9. The van der Waals surface area contributed by atoms with Gasteiger partial charge in [-0.25, -0.2) is 0 Å². The predicted molar refractivity (Wildman–Crippen MR) is 92.9 cm³/mol. The zero-order chi connectivity index (χ0) is 14.7. The van der Waals surface area contributed by atoms with Gasteiger partial charge in [0.1, 0.15) is 0 Å². The molecule has 3 nitrogen and oxygen atoms in total. The van der Waals surface area contributed by atoms with Gasteiger partial charge < -0.3 is 10.6 Å². The molecule has 2 N–H and O–H groups in total. The maximum Gasteiger partial charge on any atom is 0.230 e. The van der Waals surface area contributed by atoms with Gasteiger partial charge in [-0.1, -0.05) is 36.6 Å². The quantitative estimate of drug-likeness (QED) is 0.883. The second kappa shape index (κ2) is 7.67. The molecule has 1 aliphatic heterocycles. The first-order chi connectivity index (χ1) is 10.2. The van der Waals surface area contributed by atoms with Gasteiger partial charge in [-0.2, -0.15) is 0 Å². The summed E-state index contributed by atoms with van der Waals surface area (Å²) in [5.41, 5.74) is 0.771. The summed E-state index contributed by atoms with van der Waals surface area (Å²) in [5.74, 6) is 0.205. The first-order valence-electron chi connectivity index (χ1n) is 7.98. The average molecular weight is 343 g/mol. The fourth-order valence-corrected chi connectivity index (χ4v) is 3.82. The molecule has 1 heterocycles. The van der Waals surface area contributed by atoms with E-state index < -0.39 is 0 Å². The van der Waals surface area contributed by atoms with Crippen molar-refractivity contribution in [3.05, 3.63) is 34.9 Å². The van der Waals surface area contributed by atoms with E-state index in [2.05, 4.69) is 10.6 Å². The number of hydrogen-bond acceptors (Lipinski definition) is 2. The largest absolute Gasteiger partial charge is 0.351 e. The number of nitrogens with one attached hydrogen (secondary N) is 2. The lowest BCUT2D eigenvalue weighted by Crippen LogP contribution is -2.51. The highest BCUT2D eigenvalue weighted by atomic mass is 35.5. The molecular weight excluding hydrogens is 319 g/mol. The standard InChI is InChI=1S/C17H23ClN2O.ClH/c18-14-7-5-13(6-8-14)17(9-1-2-10-17)16(21)20-15-4-3-11-19-12-15;/h5-8,15,19H,1-4,9-12H2,(H,20,21);1H/t15-;/m0./s1. The van der Waals surface area contributed by atoms with Crippen LogP contribution in [-0.4, -0.2) is 25.0 Å². The number of rotatable bonds is 3. The molecule has 1 aromatic carbocycles. The molecule has 22 heavy (non-hydrogen) atoms. The third-order valence-electron chi connectivity index (χ3n) is 4.92. The van der Waals surface area contributed by atoms with Crippen LogP contribution >= 0.6 is 24.0 Å². The van der Waals surface area contributed by atoms with Crippen LogP contribution in [0.2, 0.25) is 5.02 Å². The van der Waals surface area contributed by atoms with Crippen molar-refractivity contribution >= 4 is 29.9 Å². The number of halogens is 2. The molecule has 0 spiro atoms. The molecule has 0 radical (unpaired) electrons. The first-order valence-corrected chi connectivity index (χ1v) is 8.36. The maximum atomic E-state index is 12.9. The van der Waals surface area contributed by atoms with Crippen LogP contribution in [0.3, 0.4) is 0 Å². The van der Waals surface area contributed by atoms with E-state index in [1.807, 2.05) is 24.3 Å². The number of carbonyl (C=O) groups excluding carboxylic acids is 1. The van der Waals surface area contributed by atoms with Crippen molar-refractivity contribution in [2.24, 2.45) is 0 Å². The van der Waals surface area contributed by atoms with Crippen LogP contribution in [0.5, 0.6) is 0 Å². The molecular formula is C17H24Cl2N2O. The van der Waals surface area contributed by atoms with E-state index >= 15 is 0 Å².